The van der Waals surface area contributed by atoms with Crippen LogP contribution in [-0.4, -0.2) is 17.5 Å². The van der Waals surface area contributed by atoms with Crippen LogP contribution >= 0.6 is 23.2 Å². The molecule has 0 fully saturated rings. The van der Waals surface area contributed by atoms with Gasteiger partial charge in [-0.25, -0.2) is 0 Å². The summed E-state index contributed by atoms with van der Waals surface area (Å²) in [6, 6.07) is 0. The van der Waals surface area contributed by atoms with E-state index >= 15 is 0 Å². The van der Waals surface area contributed by atoms with Crippen LogP contribution in [0.25, 0.3) is 0 Å². The zero-order valence-electron chi connectivity index (χ0n) is 5.85. The summed E-state index contributed by atoms with van der Waals surface area (Å²) in [5.74, 6) is 0.702. The number of carbonyl (C=O) groups excluding carboxylic acids is 1. The van der Waals surface area contributed by atoms with Gasteiger partial charge in [0.05, 0.1) is 5.38 Å². The van der Waals surface area contributed by atoms with Crippen molar-refractivity contribution in [3.8, 4) is 0 Å². The third-order valence-electron chi connectivity index (χ3n) is 1.26. The lowest BCUT2D eigenvalue weighted by Gasteiger charge is -1.98. The molecule has 0 amide bonds. The second-order valence-corrected chi connectivity index (χ2v) is 3.13. The average Bonchev–Trinajstić information content (AvgIpc) is 1.98. The van der Waals surface area contributed by atoms with Gasteiger partial charge in [0.1, 0.15) is 6.29 Å². The summed E-state index contributed by atoms with van der Waals surface area (Å²) in [5, 5.41) is -0.296. The molecule has 0 aliphatic rings. The highest BCUT2D eigenvalue weighted by molar-refractivity contribution is 6.27. The second kappa shape index (κ2) is 7.36. The first-order valence-electron chi connectivity index (χ1n) is 3.46. The fourth-order valence-electron chi connectivity index (χ4n) is 0.679. The first kappa shape index (κ1) is 10.2. The molecule has 1 atom stereocenters. The number of unbranched alkanes of at least 4 members (excludes halogenated alkanes) is 2. The van der Waals surface area contributed by atoms with Gasteiger partial charge in [-0.3, -0.25) is 0 Å². The lowest BCUT2D eigenvalue weighted by molar-refractivity contribution is -0.107. The summed E-state index contributed by atoms with van der Waals surface area (Å²) in [6.45, 7) is 0. The van der Waals surface area contributed by atoms with Crippen LogP contribution in [0.15, 0.2) is 0 Å². The van der Waals surface area contributed by atoms with E-state index in [0.717, 1.165) is 32.0 Å². The Labute approximate surface area is 71.7 Å². The number of alkyl halides is 2. The van der Waals surface area contributed by atoms with E-state index in [1.807, 2.05) is 0 Å². The van der Waals surface area contributed by atoms with Crippen LogP contribution in [0.4, 0.5) is 0 Å². The number of rotatable bonds is 6. The Morgan fingerprint density at radius 3 is 2.50 bits per heavy atom. The SMILES string of the molecule is O=CC(Cl)CCCCCCl. The van der Waals surface area contributed by atoms with E-state index in [1.54, 1.807) is 0 Å². The van der Waals surface area contributed by atoms with Crippen molar-refractivity contribution >= 4 is 29.5 Å². The van der Waals surface area contributed by atoms with E-state index < -0.39 is 0 Å². The first-order valence-corrected chi connectivity index (χ1v) is 4.43. The van der Waals surface area contributed by atoms with Crippen LogP contribution < -0.4 is 0 Å². The van der Waals surface area contributed by atoms with Gasteiger partial charge in [-0.1, -0.05) is 12.8 Å². The molecule has 1 nitrogen and oxygen atoms in total. The summed E-state index contributed by atoms with van der Waals surface area (Å²) in [6.07, 6.45) is 4.65. The Morgan fingerprint density at radius 2 is 2.00 bits per heavy atom. The summed E-state index contributed by atoms with van der Waals surface area (Å²) < 4.78 is 0. The maximum atomic E-state index is 10.0. The third-order valence-corrected chi connectivity index (χ3v) is 1.85. The van der Waals surface area contributed by atoms with Gasteiger partial charge in [-0.05, 0) is 12.8 Å². The molecule has 0 aliphatic heterocycles. The Kier molecular flexibility index (Phi) is 7.54. The number of carbonyl (C=O) groups is 1. The summed E-state index contributed by atoms with van der Waals surface area (Å²) in [4.78, 5) is 10.0. The van der Waals surface area contributed by atoms with Gasteiger partial charge in [0.15, 0.2) is 0 Å². The van der Waals surface area contributed by atoms with Crippen molar-refractivity contribution in [2.75, 3.05) is 5.88 Å². The molecule has 0 saturated carbocycles. The van der Waals surface area contributed by atoms with E-state index in [-0.39, 0.29) is 5.38 Å². The highest BCUT2D eigenvalue weighted by Gasteiger charge is 1.99. The molecule has 0 aliphatic carbocycles. The zero-order chi connectivity index (χ0) is 7.82. The van der Waals surface area contributed by atoms with Crippen molar-refractivity contribution in [1.82, 2.24) is 0 Å². The molecule has 0 aromatic carbocycles. The van der Waals surface area contributed by atoms with Gasteiger partial charge < -0.3 is 4.79 Å². The predicted molar refractivity (Wildman–Crippen MR) is 44.9 cm³/mol. The van der Waals surface area contributed by atoms with Crippen LogP contribution in [0, 0.1) is 0 Å². The molecule has 0 aromatic rings. The highest BCUT2D eigenvalue weighted by atomic mass is 35.5. The predicted octanol–water partition coefficient (Wildman–Crippen LogP) is 2.59. The lowest BCUT2D eigenvalue weighted by atomic mass is 10.2. The quantitative estimate of drug-likeness (QED) is 0.351. The molecule has 3 heteroatoms. The van der Waals surface area contributed by atoms with Crippen LogP contribution in [0.1, 0.15) is 25.7 Å². The molecule has 0 heterocycles. The van der Waals surface area contributed by atoms with Gasteiger partial charge in [-0.2, -0.15) is 0 Å². The van der Waals surface area contributed by atoms with Gasteiger partial charge in [0.2, 0.25) is 0 Å². The number of aldehydes is 1. The molecular formula is C7H12Cl2O. The Hall–Kier alpha value is 0.250. The number of hydrogen-bond donors (Lipinski definition) is 0. The van der Waals surface area contributed by atoms with E-state index in [9.17, 15) is 4.79 Å². The standard InChI is InChI=1S/C7H12Cl2O/c8-5-3-1-2-4-7(9)6-10/h6-7H,1-5H2. The van der Waals surface area contributed by atoms with Crippen LogP contribution in [0.5, 0.6) is 0 Å². The minimum Gasteiger partial charge on any atom is -0.302 e. The molecule has 10 heavy (non-hydrogen) atoms. The minimum atomic E-state index is -0.296. The van der Waals surface area contributed by atoms with Crippen molar-refractivity contribution in [3.63, 3.8) is 0 Å². The maximum Gasteiger partial charge on any atom is 0.137 e. The molecule has 0 N–H and O–H groups in total. The topological polar surface area (TPSA) is 17.1 Å². The van der Waals surface area contributed by atoms with Crippen molar-refractivity contribution in [3.05, 3.63) is 0 Å². The lowest BCUT2D eigenvalue weighted by Crippen LogP contribution is -1.98. The van der Waals surface area contributed by atoms with E-state index in [2.05, 4.69) is 0 Å². The van der Waals surface area contributed by atoms with Crippen LogP contribution in [0.3, 0.4) is 0 Å². The monoisotopic (exact) mass is 182 g/mol. The summed E-state index contributed by atoms with van der Waals surface area (Å²) in [7, 11) is 0. The minimum absolute atomic E-state index is 0.296. The molecule has 0 spiro atoms. The van der Waals surface area contributed by atoms with Gasteiger partial charge >= 0.3 is 0 Å². The van der Waals surface area contributed by atoms with E-state index in [4.69, 9.17) is 23.2 Å². The average molecular weight is 183 g/mol. The largest absolute Gasteiger partial charge is 0.302 e. The van der Waals surface area contributed by atoms with Gasteiger partial charge in [0, 0.05) is 5.88 Å². The zero-order valence-corrected chi connectivity index (χ0v) is 7.37. The Balaban J connectivity index is 2.95. The highest BCUT2D eigenvalue weighted by Crippen LogP contribution is 2.07. The van der Waals surface area contributed by atoms with Crippen molar-refractivity contribution in [2.45, 2.75) is 31.1 Å². The number of hydrogen-bond acceptors (Lipinski definition) is 1. The first-order chi connectivity index (χ1) is 4.81. The van der Waals surface area contributed by atoms with Crippen LogP contribution in [-0.2, 0) is 4.79 Å². The molecule has 0 rings (SSSR count). The van der Waals surface area contributed by atoms with Gasteiger partial charge in [-0.15, -0.1) is 23.2 Å². The fourth-order valence-corrected chi connectivity index (χ4v) is 1.02. The fraction of sp³-hybridized carbons (Fsp3) is 0.857. The molecule has 0 aromatic heterocycles. The van der Waals surface area contributed by atoms with Crippen molar-refractivity contribution in [1.29, 1.82) is 0 Å². The summed E-state index contributed by atoms with van der Waals surface area (Å²) >= 11 is 11.0. The second-order valence-electron chi connectivity index (χ2n) is 2.19. The van der Waals surface area contributed by atoms with Crippen molar-refractivity contribution < 1.29 is 4.79 Å². The Bertz CT molecular complexity index is 85.7. The van der Waals surface area contributed by atoms with Gasteiger partial charge in [0.25, 0.3) is 0 Å². The van der Waals surface area contributed by atoms with E-state index in [1.165, 1.54) is 0 Å². The third kappa shape index (κ3) is 6.37. The molecule has 1 unspecified atom stereocenters. The Morgan fingerprint density at radius 1 is 1.30 bits per heavy atom. The molecular weight excluding hydrogens is 171 g/mol. The molecule has 60 valence electrons. The van der Waals surface area contributed by atoms with Crippen LogP contribution in [0.2, 0.25) is 0 Å². The summed E-state index contributed by atoms with van der Waals surface area (Å²) in [5.41, 5.74) is 0. The molecule has 0 bridgehead atoms. The normalized spacial score (nSPS) is 13.0. The molecule has 0 saturated heterocycles. The number of halogens is 2. The van der Waals surface area contributed by atoms with E-state index in [0.29, 0.717) is 5.88 Å². The maximum absolute atomic E-state index is 10.0. The molecule has 0 radical (unpaired) electrons. The smallest absolute Gasteiger partial charge is 0.137 e. The van der Waals surface area contributed by atoms with Crippen molar-refractivity contribution in [2.24, 2.45) is 0 Å².